The van der Waals surface area contributed by atoms with Crippen molar-refractivity contribution < 1.29 is 18.4 Å². The quantitative estimate of drug-likeness (QED) is 0.666. The van der Waals surface area contributed by atoms with E-state index in [1.165, 1.54) is 13.0 Å². The van der Waals surface area contributed by atoms with E-state index in [2.05, 4.69) is 0 Å². The van der Waals surface area contributed by atoms with Gasteiger partial charge >= 0.3 is 0 Å². The van der Waals surface area contributed by atoms with Crippen molar-refractivity contribution >= 4 is 21.2 Å². The second-order valence-corrected chi connectivity index (χ2v) is 7.57. The van der Waals surface area contributed by atoms with Crippen molar-refractivity contribution in [1.29, 1.82) is 0 Å². The van der Waals surface area contributed by atoms with E-state index in [-0.39, 0.29) is 29.8 Å². The monoisotopic (exact) mass is 314 g/mol. The molecule has 1 aliphatic heterocycles. The lowest BCUT2D eigenvalue weighted by Gasteiger charge is -2.34. The van der Waals surface area contributed by atoms with E-state index in [0.29, 0.717) is 11.3 Å². The van der Waals surface area contributed by atoms with E-state index in [9.17, 15) is 23.6 Å². The van der Waals surface area contributed by atoms with Crippen LogP contribution in [-0.4, -0.2) is 42.5 Å². The summed E-state index contributed by atoms with van der Waals surface area (Å²) < 4.78 is 23.2. The number of rotatable bonds is 3. The standard InChI is InChI=1S/C13H18N2O5S/c1-9-8-21(19,20)6-5-14(9)12-4-3-11(10(2)16)7-13(12)15(17)18/h3-4,7,9-10,16H,5-6,8H2,1-2H3. The van der Waals surface area contributed by atoms with Gasteiger partial charge in [-0.15, -0.1) is 0 Å². The second kappa shape index (κ2) is 5.61. The fourth-order valence-corrected chi connectivity index (χ4v) is 4.10. The van der Waals surface area contributed by atoms with E-state index in [1.807, 2.05) is 0 Å². The molecule has 0 spiro atoms. The molecule has 0 amide bonds. The van der Waals surface area contributed by atoms with Crippen LogP contribution in [-0.2, 0) is 9.84 Å². The number of nitro benzene ring substituents is 1. The maximum atomic E-state index is 11.6. The average Bonchev–Trinajstić information content (AvgIpc) is 2.37. The lowest BCUT2D eigenvalue weighted by molar-refractivity contribution is -0.384. The van der Waals surface area contributed by atoms with Crippen molar-refractivity contribution in [2.24, 2.45) is 0 Å². The summed E-state index contributed by atoms with van der Waals surface area (Å²) in [4.78, 5) is 12.5. The summed E-state index contributed by atoms with van der Waals surface area (Å²) in [7, 11) is -3.08. The van der Waals surface area contributed by atoms with Crippen LogP contribution in [0.3, 0.4) is 0 Å². The number of sulfone groups is 1. The molecular formula is C13H18N2O5S. The average molecular weight is 314 g/mol. The molecular weight excluding hydrogens is 296 g/mol. The van der Waals surface area contributed by atoms with Gasteiger partial charge in [-0.3, -0.25) is 10.1 Å². The molecule has 1 heterocycles. The number of benzene rings is 1. The molecule has 0 bridgehead atoms. The lowest BCUT2D eigenvalue weighted by Crippen LogP contribution is -2.47. The summed E-state index contributed by atoms with van der Waals surface area (Å²) in [6, 6.07) is 4.23. The van der Waals surface area contributed by atoms with Gasteiger partial charge in [-0.25, -0.2) is 8.42 Å². The molecule has 2 atom stereocenters. The summed E-state index contributed by atoms with van der Waals surface area (Å²) in [6.07, 6.45) is -0.795. The molecule has 8 heteroatoms. The summed E-state index contributed by atoms with van der Waals surface area (Å²) >= 11 is 0. The molecule has 0 aliphatic carbocycles. The first-order valence-corrected chi connectivity index (χ1v) is 8.47. The molecule has 1 aromatic rings. The summed E-state index contributed by atoms with van der Waals surface area (Å²) in [5.74, 6) is -0.0189. The number of hydrogen-bond donors (Lipinski definition) is 1. The van der Waals surface area contributed by atoms with Crippen LogP contribution in [0.2, 0.25) is 0 Å². The molecule has 1 fully saturated rings. The van der Waals surface area contributed by atoms with Crippen LogP contribution < -0.4 is 4.90 Å². The molecule has 2 unspecified atom stereocenters. The zero-order chi connectivity index (χ0) is 15.8. The van der Waals surface area contributed by atoms with E-state index >= 15 is 0 Å². The van der Waals surface area contributed by atoms with Gasteiger partial charge in [0.25, 0.3) is 5.69 Å². The summed E-state index contributed by atoms with van der Waals surface area (Å²) in [5, 5.41) is 20.8. The third-order valence-corrected chi connectivity index (χ3v) is 5.45. The predicted octanol–water partition coefficient (Wildman–Crippen LogP) is 1.27. The van der Waals surface area contributed by atoms with Gasteiger partial charge < -0.3 is 10.0 Å². The molecule has 1 N–H and O–H groups in total. The van der Waals surface area contributed by atoms with Crippen LogP contribution in [0.25, 0.3) is 0 Å². The molecule has 2 rings (SSSR count). The zero-order valence-corrected chi connectivity index (χ0v) is 12.7. The van der Waals surface area contributed by atoms with Gasteiger partial charge in [-0.1, -0.05) is 6.07 Å². The normalized spacial score (nSPS) is 22.8. The Morgan fingerprint density at radius 2 is 2.14 bits per heavy atom. The Labute approximate surface area is 123 Å². The Morgan fingerprint density at radius 3 is 2.67 bits per heavy atom. The third-order valence-electron chi connectivity index (χ3n) is 3.66. The van der Waals surface area contributed by atoms with Crippen molar-refractivity contribution in [1.82, 2.24) is 0 Å². The Bertz CT molecular complexity index is 657. The van der Waals surface area contributed by atoms with Crippen molar-refractivity contribution in [3.63, 3.8) is 0 Å². The predicted molar refractivity (Wildman–Crippen MR) is 79.2 cm³/mol. The first kappa shape index (κ1) is 15.7. The highest BCUT2D eigenvalue weighted by atomic mass is 32.2. The van der Waals surface area contributed by atoms with Gasteiger partial charge in [0.2, 0.25) is 0 Å². The SMILES string of the molecule is CC(O)c1ccc(N2CCS(=O)(=O)CC2C)c([N+](=O)[O-])c1. The summed E-state index contributed by atoms with van der Waals surface area (Å²) in [6.45, 7) is 3.51. The minimum atomic E-state index is -3.08. The van der Waals surface area contributed by atoms with E-state index in [1.54, 1.807) is 24.0 Å². The van der Waals surface area contributed by atoms with Gasteiger partial charge in [0.1, 0.15) is 5.69 Å². The molecule has 0 saturated carbocycles. The molecule has 21 heavy (non-hydrogen) atoms. The number of nitrogens with zero attached hydrogens (tertiary/aromatic N) is 2. The number of anilines is 1. The maximum absolute atomic E-state index is 11.6. The highest BCUT2D eigenvalue weighted by molar-refractivity contribution is 7.91. The molecule has 1 saturated heterocycles. The fraction of sp³-hybridized carbons (Fsp3) is 0.538. The van der Waals surface area contributed by atoms with Gasteiger partial charge in [0.05, 0.1) is 22.5 Å². The highest BCUT2D eigenvalue weighted by Crippen LogP contribution is 2.33. The topological polar surface area (TPSA) is 101 Å². The number of aliphatic hydroxyl groups is 1. The first-order chi connectivity index (χ1) is 9.71. The van der Waals surface area contributed by atoms with Gasteiger partial charge in [0, 0.05) is 18.7 Å². The second-order valence-electron chi connectivity index (χ2n) is 5.34. The summed E-state index contributed by atoms with van der Waals surface area (Å²) in [5.41, 5.74) is 0.745. The van der Waals surface area contributed by atoms with Crippen LogP contribution in [0.15, 0.2) is 18.2 Å². The van der Waals surface area contributed by atoms with Crippen molar-refractivity contribution in [3.8, 4) is 0 Å². The highest BCUT2D eigenvalue weighted by Gasteiger charge is 2.32. The van der Waals surface area contributed by atoms with Crippen LogP contribution in [0.4, 0.5) is 11.4 Å². The molecule has 7 nitrogen and oxygen atoms in total. The first-order valence-electron chi connectivity index (χ1n) is 6.65. The maximum Gasteiger partial charge on any atom is 0.292 e. The molecule has 116 valence electrons. The van der Waals surface area contributed by atoms with E-state index in [4.69, 9.17) is 0 Å². The van der Waals surface area contributed by atoms with Crippen LogP contribution in [0.5, 0.6) is 0 Å². The van der Waals surface area contributed by atoms with Gasteiger partial charge in [-0.2, -0.15) is 0 Å². The minimum absolute atomic E-state index is 0.00729. The molecule has 0 radical (unpaired) electrons. The lowest BCUT2D eigenvalue weighted by atomic mass is 10.1. The zero-order valence-electron chi connectivity index (χ0n) is 11.9. The van der Waals surface area contributed by atoms with Crippen LogP contribution in [0, 0.1) is 10.1 Å². The Morgan fingerprint density at radius 1 is 1.48 bits per heavy atom. The van der Waals surface area contributed by atoms with Crippen LogP contribution in [0.1, 0.15) is 25.5 Å². The fourth-order valence-electron chi connectivity index (χ4n) is 2.55. The largest absolute Gasteiger partial charge is 0.389 e. The van der Waals surface area contributed by atoms with Crippen molar-refractivity contribution in [2.75, 3.05) is 23.0 Å². The smallest absolute Gasteiger partial charge is 0.292 e. The van der Waals surface area contributed by atoms with Gasteiger partial charge in [-0.05, 0) is 25.5 Å². The van der Waals surface area contributed by atoms with Crippen molar-refractivity contribution in [3.05, 3.63) is 33.9 Å². The Kier molecular flexibility index (Phi) is 4.20. The van der Waals surface area contributed by atoms with Crippen molar-refractivity contribution in [2.45, 2.75) is 26.0 Å². The number of hydrogen-bond acceptors (Lipinski definition) is 6. The Balaban J connectivity index is 2.42. The molecule has 0 aromatic heterocycles. The minimum Gasteiger partial charge on any atom is -0.389 e. The number of nitro groups is 1. The molecule has 1 aliphatic rings. The van der Waals surface area contributed by atoms with E-state index in [0.717, 1.165) is 0 Å². The third kappa shape index (κ3) is 3.33. The van der Waals surface area contributed by atoms with Crippen LogP contribution >= 0.6 is 0 Å². The van der Waals surface area contributed by atoms with Gasteiger partial charge in [0.15, 0.2) is 9.84 Å². The molecule has 1 aromatic carbocycles. The van der Waals surface area contributed by atoms with E-state index < -0.39 is 20.9 Å². The number of aliphatic hydroxyl groups excluding tert-OH is 1. The Hall–Kier alpha value is -1.67.